The molecule has 0 amide bonds. The van der Waals surface area contributed by atoms with Gasteiger partial charge in [0, 0.05) is 17.5 Å². The lowest BCUT2D eigenvalue weighted by molar-refractivity contribution is -0.0757. The Morgan fingerprint density at radius 2 is 2.00 bits per heavy atom. The van der Waals surface area contributed by atoms with E-state index < -0.39 is 0 Å². The predicted octanol–water partition coefficient (Wildman–Crippen LogP) is 2.31. The fourth-order valence-electron chi connectivity index (χ4n) is 3.07. The fraction of sp³-hybridized carbons (Fsp3) is 1.00. The highest BCUT2D eigenvalue weighted by atomic mass is 16.3. The van der Waals surface area contributed by atoms with E-state index in [1.54, 1.807) is 0 Å². The van der Waals surface area contributed by atoms with E-state index in [-0.39, 0.29) is 11.5 Å². The molecule has 0 radical (unpaired) electrons. The molecule has 15 heavy (non-hydrogen) atoms. The van der Waals surface area contributed by atoms with Crippen LogP contribution >= 0.6 is 0 Å². The summed E-state index contributed by atoms with van der Waals surface area (Å²) in [5.41, 5.74) is 0.0876. The molecule has 0 aromatic rings. The Morgan fingerprint density at radius 1 is 1.27 bits per heavy atom. The van der Waals surface area contributed by atoms with Crippen LogP contribution in [0.5, 0.6) is 0 Å². The molecule has 0 saturated heterocycles. The molecule has 0 heterocycles. The van der Waals surface area contributed by atoms with Crippen molar-refractivity contribution in [3.05, 3.63) is 0 Å². The molecule has 2 fully saturated rings. The summed E-state index contributed by atoms with van der Waals surface area (Å²) in [7, 11) is 0. The van der Waals surface area contributed by atoms with Gasteiger partial charge in [0.15, 0.2) is 0 Å². The lowest BCUT2D eigenvalue weighted by Gasteiger charge is -2.50. The van der Waals surface area contributed by atoms with Crippen molar-refractivity contribution in [2.24, 2.45) is 11.3 Å². The van der Waals surface area contributed by atoms with Gasteiger partial charge in [-0.05, 0) is 31.6 Å². The summed E-state index contributed by atoms with van der Waals surface area (Å²) in [6.45, 7) is 6.64. The Hall–Kier alpha value is -0.0800. The van der Waals surface area contributed by atoms with Crippen LogP contribution in [0.15, 0.2) is 0 Å². The summed E-state index contributed by atoms with van der Waals surface area (Å²) in [5.74, 6) is 0.940. The van der Waals surface area contributed by atoms with Crippen LogP contribution in [-0.4, -0.2) is 23.3 Å². The van der Waals surface area contributed by atoms with Crippen molar-refractivity contribution < 1.29 is 5.11 Å². The van der Waals surface area contributed by atoms with Crippen molar-refractivity contribution in [1.82, 2.24) is 5.32 Å². The quantitative estimate of drug-likeness (QED) is 0.751. The summed E-state index contributed by atoms with van der Waals surface area (Å²) < 4.78 is 0. The van der Waals surface area contributed by atoms with Crippen LogP contribution in [0.25, 0.3) is 0 Å². The average molecular weight is 211 g/mol. The molecular weight excluding hydrogens is 186 g/mol. The molecule has 2 aliphatic rings. The van der Waals surface area contributed by atoms with Crippen LogP contribution < -0.4 is 5.32 Å². The second-order valence-corrected chi connectivity index (χ2v) is 6.08. The molecule has 2 saturated carbocycles. The minimum atomic E-state index is -0.0987. The molecule has 0 aliphatic heterocycles. The van der Waals surface area contributed by atoms with Gasteiger partial charge in [-0.2, -0.15) is 0 Å². The van der Waals surface area contributed by atoms with Gasteiger partial charge in [0.05, 0.1) is 6.10 Å². The SMILES string of the molecule is CCC1CCC(NC2CC(O)C2(C)C)C1. The monoisotopic (exact) mass is 211 g/mol. The number of aliphatic hydroxyl groups excluding tert-OH is 1. The first-order chi connectivity index (χ1) is 7.04. The number of hydrogen-bond donors (Lipinski definition) is 2. The van der Waals surface area contributed by atoms with E-state index in [2.05, 4.69) is 26.1 Å². The maximum absolute atomic E-state index is 9.68. The van der Waals surface area contributed by atoms with Gasteiger partial charge in [-0.1, -0.05) is 27.2 Å². The molecule has 88 valence electrons. The topological polar surface area (TPSA) is 32.3 Å². The van der Waals surface area contributed by atoms with Gasteiger partial charge in [0.1, 0.15) is 0 Å². The summed E-state index contributed by atoms with van der Waals surface area (Å²) in [6.07, 6.45) is 6.25. The van der Waals surface area contributed by atoms with Crippen molar-refractivity contribution in [2.45, 2.75) is 71.1 Å². The Bertz CT molecular complexity index is 227. The molecule has 2 N–H and O–H groups in total. The van der Waals surface area contributed by atoms with Gasteiger partial charge in [-0.15, -0.1) is 0 Å². The van der Waals surface area contributed by atoms with Crippen molar-refractivity contribution in [1.29, 1.82) is 0 Å². The molecule has 2 aliphatic carbocycles. The Kier molecular flexibility index (Phi) is 3.09. The molecule has 0 aromatic heterocycles. The van der Waals surface area contributed by atoms with Crippen LogP contribution in [0.3, 0.4) is 0 Å². The zero-order valence-corrected chi connectivity index (χ0v) is 10.3. The minimum absolute atomic E-state index is 0.0876. The third kappa shape index (κ3) is 2.07. The second-order valence-electron chi connectivity index (χ2n) is 6.08. The van der Waals surface area contributed by atoms with Gasteiger partial charge in [-0.3, -0.25) is 0 Å². The van der Waals surface area contributed by atoms with Crippen LogP contribution in [0.1, 0.15) is 52.9 Å². The van der Waals surface area contributed by atoms with E-state index in [9.17, 15) is 5.11 Å². The first kappa shape index (κ1) is 11.4. The molecule has 4 atom stereocenters. The minimum Gasteiger partial charge on any atom is -0.392 e. The van der Waals surface area contributed by atoms with Gasteiger partial charge < -0.3 is 10.4 Å². The molecule has 2 rings (SSSR count). The van der Waals surface area contributed by atoms with Gasteiger partial charge >= 0.3 is 0 Å². The Morgan fingerprint density at radius 3 is 2.47 bits per heavy atom. The van der Waals surface area contributed by atoms with E-state index in [0.717, 1.165) is 12.3 Å². The molecule has 0 aromatic carbocycles. The standard InChI is InChI=1S/C13H25NO/c1-4-9-5-6-10(7-9)14-11-8-12(15)13(11,2)3/h9-12,14-15H,4-8H2,1-3H3. The Balaban J connectivity index is 1.79. The van der Waals surface area contributed by atoms with Crippen LogP contribution in [0.4, 0.5) is 0 Å². The van der Waals surface area contributed by atoms with Crippen LogP contribution in [0.2, 0.25) is 0 Å². The van der Waals surface area contributed by atoms with Crippen molar-refractivity contribution in [3.8, 4) is 0 Å². The fourth-order valence-corrected chi connectivity index (χ4v) is 3.07. The second kappa shape index (κ2) is 4.06. The van der Waals surface area contributed by atoms with Crippen LogP contribution in [0, 0.1) is 11.3 Å². The van der Waals surface area contributed by atoms with E-state index in [0.29, 0.717) is 12.1 Å². The maximum Gasteiger partial charge on any atom is 0.0621 e. The third-order valence-corrected chi connectivity index (χ3v) is 4.77. The van der Waals surface area contributed by atoms with E-state index >= 15 is 0 Å². The highest BCUT2D eigenvalue weighted by molar-refractivity contribution is 5.03. The number of aliphatic hydroxyl groups is 1. The first-order valence-corrected chi connectivity index (χ1v) is 6.48. The first-order valence-electron chi connectivity index (χ1n) is 6.48. The molecule has 0 bridgehead atoms. The average Bonchev–Trinajstić information content (AvgIpc) is 2.65. The van der Waals surface area contributed by atoms with E-state index in [1.807, 2.05) is 0 Å². The third-order valence-electron chi connectivity index (χ3n) is 4.77. The predicted molar refractivity (Wildman–Crippen MR) is 62.7 cm³/mol. The normalized spacial score (nSPS) is 44.0. The lowest BCUT2D eigenvalue weighted by atomic mass is 9.64. The summed E-state index contributed by atoms with van der Waals surface area (Å²) in [5, 5.41) is 13.4. The number of rotatable bonds is 3. The molecule has 0 spiro atoms. The van der Waals surface area contributed by atoms with Crippen molar-refractivity contribution >= 4 is 0 Å². The highest BCUT2D eigenvalue weighted by Gasteiger charge is 2.48. The molecular formula is C13H25NO. The van der Waals surface area contributed by atoms with Gasteiger partial charge in [0.25, 0.3) is 0 Å². The zero-order valence-electron chi connectivity index (χ0n) is 10.3. The summed E-state index contributed by atoms with van der Waals surface area (Å²) in [6, 6.07) is 1.25. The summed E-state index contributed by atoms with van der Waals surface area (Å²) >= 11 is 0. The van der Waals surface area contributed by atoms with Gasteiger partial charge in [-0.25, -0.2) is 0 Å². The van der Waals surface area contributed by atoms with Gasteiger partial charge in [0.2, 0.25) is 0 Å². The molecule has 2 heteroatoms. The lowest BCUT2D eigenvalue weighted by Crippen LogP contribution is -2.61. The summed E-state index contributed by atoms with van der Waals surface area (Å²) in [4.78, 5) is 0. The maximum atomic E-state index is 9.68. The smallest absolute Gasteiger partial charge is 0.0621 e. The highest BCUT2D eigenvalue weighted by Crippen LogP contribution is 2.41. The van der Waals surface area contributed by atoms with Crippen molar-refractivity contribution in [2.75, 3.05) is 0 Å². The number of nitrogens with one attached hydrogen (secondary N) is 1. The number of hydrogen-bond acceptors (Lipinski definition) is 2. The molecule has 4 unspecified atom stereocenters. The zero-order chi connectivity index (χ0) is 11.1. The van der Waals surface area contributed by atoms with E-state index in [4.69, 9.17) is 0 Å². The Labute approximate surface area is 93.5 Å². The largest absolute Gasteiger partial charge is 0.392 e. The van der Waals surface area contributed by atoms with Crippen molar-refractivity contribution in [3.63, 3.8) is 0 Å². The van der Waals surface area contributed by atoms with Crippen LogP contribution in [-0.2, 0) is 0 Å². The molecule has 2 nitrogen and oxygen atoms in total. The van der Waals surface area contributed by atoms with E-state index in [1.165, 1.54) is 25.7 Å².